The summed E-state index contributed by atoms with van der Waals surface area (Å²) in [5.41, 5.74) is 2.61. The lowest BCUT2D eigenvalue weighted by atomic mass is 9.57. The zero-order valence-electron chi connectivity index (χ0n) is 21.7. The van der Waals surface area contributed by atoms with Gasteiger partial charge in [-0.1, -0.05) is 49.4 Å². The molecular weight excluding hydrogens is 434 g/mol. The van der Waals surface area contributed by atoms with Crippen LogP contribution in [0.25, 0.3) is 0 Å². The number of nitrogens with zero attached hydrogens (tertiary/aromatic N) is 2. The normalized spacial score (nSPS) is 26.6. The molecule has 4 atom stereocenters. The van der Waals surface area contributed by atoms with E-state index in [9.17, 15) is 9.90 Å². The van der Waals surface area contributed by atoms with Crippen LogP contribution in [0.5, 0.6) is 5.75 Å². The molecule has 1 saturated carbocycles. The van der Waals surface area contributed by atoms with Gasteiger partial charge in [0, 0.05) is 30.5 Å². The Morgan fingerprint density at radius 1 is 1.11 bits per heavy atom. The molecule has 1 amide bonds. The van der Waals surface area contributed by atoms with Crippen LogP contribution in [0.1, 0.15) is 56.6 Å². The average Bonchev–Trinajstić information content (AvgIpc) is 2.82. The van der Waals surface area contributed by atoms with E-state index in [1.165, 1.54) is 11.1 Å². The van der Waals surface area contributed by atoms with Gasteiger partial charge in [-0.2, -0.15) is 0 Å². The van der Waals surface area contributed by atoms with E-state index in [0.717, 1.165) is 58.2 Å². The number of fused-ring (bicyclic) bond motifs is 2. The molecule has 190 valence electrons. The minimum Gasteiger partial charge on any atom is -0.508 e. The van der Waals surface area contributed by atoms with Crippen LogP contribution in [0.2, 0.25) is 0 Å². The quantitative estimate of drug-likeness (QED) is 0.525. The van der Waals surface area contributed by atoms with Crippen molar-refractivity contribution in [3.8, 4) is 5.75 Å². The Hall–Kier alpha value is -2.37. The molecular formula is C30H43N3O2. The number of amides is 1. The molecule has 0 radical (unpaired) electrons. The first-order valence-electron chi connectivity index (χ1n) is 13.4. The summed E-state index contributed by atoms with van der Waals surface area (Å²) >= 11 is 0. The number of rotatable bonds is 10. The fourth-order valence-electron chi connectivity index (χ4n) is 6.50. The Balaban J connectivity index is 1.48. The summed E-state index contributed by atoms with van der Waals surface area (Å²) in [6.45, 7) is 5.45. The van der Waals surface area contributed by atoms with E-state index in [2.05, 4.69) is 58.4 Å². The summed E-state index contributed by atoms with van der Waals surface area (Å²) in [5.74, 6) is 0.956. The van der Waals surface area contributed by atoms with Gasteiger partial charge in [0.15, 0.2) is 0 Å². The highest BCUT2D eigenvalue weighted by molar-refractivity contribution is 5.76. The molecule has 4 rings (SSSR count). The van der Waals surface area contributed by atoms with Crippen LogP contribution in [0.4, 0.5) is 0 Å². The molecule has 1 aliphatic heterocycles. The molecule has 1 saturated heterocycles. The second-order valence-electron chi connectivity index (χ2n) is 11.2. The maximum absolute atomic E-state index is 12.8. The highest BCUT2D eigenvalue weighted by atomic mass is 16.3. The number of phenols is 1. The average molecular weight is 478 g/mol. The molecule has 5 heteroatoms. The maximum atomic E-state index is 12.8. The van der Waals surface area contributed by atoms with E-state index in [1.54, 1.807) is 6.07 Å². The number of carbonyl (C=O) groups excluding carboxylic acids is 1. The highest BCUT2D eigenvalue weighted by Gasteiger charge is 2.51. The van der Waals surface area contributed by atoms with Gasteiger partial charge in [-0.3, -0.25) is 9.69 Å². The molecule has 2 unspecified atom stereocenters. The third-order valence-corrected chi connectivity index (χ3v) is 8.28. The number of hydrogen-bond donors (Lipinski definition) is 2. The van der Waals surface area contributed by atoms with Gasteiger partial charge in [0.2, 0.25) is 5.91 Å². The van der Waals surface area contributed by atoms with Gasteiger partial charge in [0.1, 0.15) is 5.75 Å². The van der Waals surface area contributed by atoms with Gasteiger partial charge in [0.25, 0.3) is 0 Å². The number of phenolic OH excluding ortho intramolecular Hbond substituents is 1. The summed E-state index contributed by atoms with van der Waals surface area (Å²) in [4.78, 5) is 17.6. The van der Waals surface area contributed by atoms with Gasteiger partial charge in [-0.25, -0.2) is 0 Å². The molecule has 0 spiro atoms. The zero-order valence-corrected chi connectivity index (χ0v) is 21.7. The molecule has 2 aromatic rings. The molecule has 2 fully saturated rings. The lowest BCUT2D eigenvalue weighted by Gasteiger charge is -2.56. The molecule has 1 aliphatic carbocycles. The van der Waals surface area contributed by atoms with Crippen molar-refractivity contribution in [1.29, 1.82) is 0 Å². The first-order valence-corrected chi connectivity index (χ1v) is 13.4. The van der Waals surface area contributed by atoms with Gasteiger partial charge >= 0.3 is 0 Å². The van der Waals surface area contributed by atoms with Gasteiger partial charge in [-0.15, -0.1) is 0 Å². The molecule has 1 heterocycles. The molecule has 2 aromatic carbocycles. The highest BCUT2D eigenvalue weighted by Crippen LogP contribution is 2.50. The molecule has 35 heavy (non-hydrogen) atoms. The van der Waals surface area contributed by atoms with Crippen molar-refractivity contribution in [2.75, 3.05) is 33.7 Å². The van der Waals surface area contributed by atoms with Crippen molar-refractivity contribution >= 4 is 5.91 Å². The van der Waals surface area contributed by atoms with Gasteiger partial charge in [0.05, 0.1) is 0 Å². The second kappa shape index (κ2) is 11.6. The van der Waals surface area contributed by atoms with Crippen molar-refractivity contribution in [2.45, 2.75) is 69.4 Å². The Morgan fingerprint density at radius 3 is 2.66 bits per heavy atom. The predicted molar refractivity (Wildman–Crippen MR) is 143 cm³/mol. The van der Waals surface area contributed by atoms with Crippen molar-refractivity contribution < 1.29 is 9.90 Å². The number of nitrogens with one attached hydrogen (secondary N) is 1. The number of aryl methyl sites for hydroxylation is 1. The minimum atomic E-state index is -0.0147. The minimum absolute atomic E-state index is 0.0147. The number of piperidine rings is 1. The van der Waals surface area contributed by atoms with E-state index in [0.29, 0.717) is 24.1 Å². The predicted octanol–water partition coefficient (Wildman–Crippen LogP) is 4.59. The summed E-state index contributed by atoms with van der Waals surface area (Å²) in [6, 6.07) is 19.2. The monoisotopic (exact) mass is 477 g/mol. The summed E-state index contributed by atoms with van der Waals surface area (Å²) in [7, 11) is 4.10. The van der Waals surface area contributed by atoms with Crippen LogP contribution in [0, 0.1) is 5.92 Å². The first kappa shape index (κ1) is 25.7. The summed E-state index contributed by atoms with van der Waals surface area (Å²) < 4.78 is 0. The summed E-state index contributed by atoms with van der Waals surface area (Å²) in [6.07, 6.45) is 6.76. The largest absolute Gasteiger partial charge is 0.508 e. The standard InChI is InChI=1S/C30H43N3O2/c1-23-22-33(17-8-12-24-10-5-4-6-11-24)27-19-26(31-29(35)15-9-16-32(2)3)20-30(23,21-27)25-13-7-14-28(34)18-25/h4-7,10-11,13-14,18,23,26-27,34H,8-9,12,15-17,19-22H2,1-3H3,(H,31,35)/t23-,26+,27?,30?/m1/s1. The van der Waals surface area contributed by atoms with Crippen LogP contribution >= 0.6 is 0 Å². The lowest BCUT2D eigenvalue weighted by Crippen LogP contribution is -2.61. The number of hydrogen-bond acceptors (Lipinski definition) is 4. The maximum Gasteiger partial charge on any atom is 0.220 e. The van der Waals surface area contributed by atoms with E-state index in [4.69, 9.17) is 0 Å². The van der Waals surface area contributed by atoms with Gasteiger partial charge in [-0.05, 0) is 94.9 Å². The second-order valence-corrected chi connectivity index (χ2v) is 11.2. The first-order chi connectivity index (χ1) is 16.9. The van der Waals surface area contributed by atoms with E-state index < -0.39 is 0 Å². The molecule has 2 N–H and O–H groups in total. The van der Waals surface area contributed by atoms with Crippen molar-refractivity contribution in [3.05, 3.63) is 65.7 Å². The third kappa shape index (κ3) is 6.45. The number of benzene rings is 2. The Morgan fingerprint density at radius 2 is 1.91 bits per heavy atom. The Labute approximate surface area is 211 Å². The van der Waals surface area contributed by atoms with Crippen molar-refractivity contribution in [3.63, 3.8) is 0 Å². The Bertz CT molecular complexity index is 963. The van der Waals surface area contributed by atoms with E-state index in [1.807, 2.05) is 26.2 Å². The van der Waals surface area contributed by atoms with Crippen LogP contribution < -0.4 is 5.32 Å². The lowest BCUT2D eigenvalue weighted by molar-refractivity contribution is -0.123. The zero-order chi connectivity index (χ0) is 24.8. The molecule has 2 bridgehead atoms. The molecule has 2 aliphatic rings. The van der Waals surface area contributed by atoms with E-state index >= 15 is 0 Å². The van der Waals surface area contributed by atoms with Crippen molar-refractivity contribution in [1.82, 2.24) is 15.1 Å². The molecule has 0 aromatic heterocycles. The fraction of sp³-hybridized carbons (Fsp3) is 0.567. The Kier molecular flexibility index (Phi) is 8.51. The van der Waals surface area contributed by atoms with Crippen LogP contribution in [0.15, 0.2) is 54.6 Å². The number of aromatic hydroxyl groups is 1. The van der Waals surface area contributed by atoms with Crippen LogP contribution in [0.3, 0.4) is 0 Å². The van der Waals surface area contributed by atoms with Crippen molar-refractivity contribution in [2.24, 2.45) is 5.92 Å². The number of carbonyl (C=O) groups is 1. The van der Waals surface area contributed by atoms with Crippen LogP contribution in [-0.2, 0) is 16.6 Å². The van der Waals surface area contributed by atoms with Gasteiger partial charge < -0.3 is 15.3 Å². The molecule has 5 nitrogen and oxygen atoms in total. The fourth-order valence-corrected chi connectivity index (χ4v) is 6.50. The summed E-state index contributed by atoms with van der Waals surface area (Å²) in [5, 5.41) is 13.7. The van der Waals surface area contributed by atoms with Crippen LogP contribution in [-0.4, -0.2) is 66.6 Å². The smallest absolute Gasteiger partial charge is 0.220 e. The third-order valence-electron chi connectivity index (χ3n) is 8.28. The SMILES string of the molecule is C[C@@H]1CN(CCCc2ccccc2)C2C[C@H](NC(=O)CCCN(C)C)CC1(c1cccc(O)c1)C2. The topological polar surface area (TPSA) is 55.8 Å². The number of likely N-dealkylation sites (tertiary alicyclic amines) is 1. The van der Waals surface area contributed by atoms with E-state index in [-0.39, 0.29) is 17.4 Å².